The maximum atomic E-state index is 6.26. The van der Waals surface area contributed by atoms with E-state index in [0.29, 0.717) is 0 Å². The van der Waals surface area contributed by atoms with Crippen molar-refractivity contribution in [1.82, 2.24) is 9.91 Å². The number of halogens is 2. The maximum absolute atomic E-state index is 6.26. The average Bonchev–Trinajstić information content (AvgIpc) is 2.59. The van der Waals surface area contributed by atoms with Gasteiger partial charge in [0.15, 0.2) is 0 Å². The third-order valence-electron chi connectivity index (χ3n) is 4.25. The predicted molar refractivity (Wildman–Crippen MR) is 105 cm³/mol. The third kappa shape index (κ3) is 4.59. The summed E-state index contributed by atoms with van der Waals surface area (Å²) in [4.78, 5) is 2.43. The van der Waals surface area contributed by atoms with Crippen LogP contribution in [0.25, 0.3) is 0 Å². The molecule has 0 aromatic heterocycles. The van der Waals surface area contributed by atoms with Crippen LogP contribution in [0.15, 0.2) is 58.1 Å². The number of nitrogens with zero attached hydrogens (tertiary/aromatic N) is 3. The van der Waals surface area contributed by atoms with Crippen LogP contribution in [-0.2, 0) is 6.54 Å². The topological polar surface area (TPSA) is 18.8 Å². The summed E-state index contributed by atoms with van der Waals surface area (Å²) in [6, 6.07) is 16.4. The summed E-state index contributed by atoms with van der Waals surface area (Å²) in [5, 5.41) is 7.79. The molecule has 3 rings (SSSR count). The second-order valence-corrected chi connectivity index (χ2v) is 7.34. The first-order valence-corrected chi connectivity index (χ1v) is 9.31. The number of hydrogen-bond donors (Lipinski definition) is 0. The molecule has 0 radical (unpaired) electrons. The molecule has 5 heteroatoms. The molecule has 0 aliphatic carbocycles. The quantitative estimate of drug-likeness (QED) is 0.689. The predicted octanol–water partition coefficient (Wildman–Crippen LogP) is 4.64. The standard InChI is InChI=1S/C19H21BrClN3/c1-15(16-6-8-18(20)9-7-16)22-24-12-10-23(11-13-24)14-17-4-2-3-5-19(17)21/h2-9H,10-14H2,1H3/b22-15+. The summed E-state index contributed by atoms with van der Waals surface area (Å²) in [5.74, 6) is 0. The number of piperazine rings is 1. The number of hydrogen-bond acceptors (Lipinski definition) is 3. The fraction of sp³-hybridized carbons (Fsp3) is 0.316. The Kier molecular flexibility index (Phi) is 5.93. The Bertz CT molecular complexity index is 707. The molecule has 2 aromatic rings. The van der Waals surface area contributed by atoms with Crippen molar-refractivity contribution in [1.29, 1.82) is 0 Å². The summed E-state index contributed by atoms with van der Waals surface area (Å²) in [6.07, 6.45) is 0. The minimum Gasteiger partial charge on any atom is -0.295 e. The van der Waals surface area contributed by atoms with E-state index in [0.717, 1.165) is 53.5 Å². The van der Waals surface area contributed by atoms with Crippen LogP contribution in [0.2, 0.25) is 5.02 Å². The van der Waals surface area contributed by atoms with Gasteiger partial charge in [-0.15, -0.1) is 0 Å². The van der Waals surface area contributed by atoms with E-state index in [4.69, 9.17) is 16.7 Å². The molecule has 0 unspecified atom stereocenters. The Hall–Kier alpha value is -1.36. The van der Waals surface area contributed by atoms with Gasteiger partial charge in [0.05, 0.1) is 5.71 Å². The molecule has 1 saturated heterocycles. The van der Waals surface area contributed by atoms with Crippen molar-refractivity contribution in [3.8, 4) is 0 Å². The van der Waals surface area contributed by atoms with Gasteiger partial charge in [-0.05, 0) is 36.2 Å². The molecule has 3 nitrogen and oxygen atoms in total. The van der Waals surface area contributed by atoms with Crippen LogP contribution in [0.3, 0.4) is 0 Å². The average molecular weight is 407 g/mol. The summed E-state index contributed by atoms with van der Waals surface area (Å²) >= 11 is 9.72. The van der Waals surface area contributed by atoms with E-state index in [2.05, 4.69) is 63.1 Å². The van der Waals surface area contributed by atoms with Crippen LogP contribution in [0, 0.1) is 0 Å². The first-order chi connectivity index (χ1) is 11.6. The summed E-state index contributed by atoms with van der Waals surface area (Å²) in [5.41, 5.74) is 3.42. The minimum absolute atomic E-state index is 0.851. The zero-order valence-corrected chi connectivity index (χ0v) is 16.1. The van der Waals surface area contributed by atoms with Gasteiger partial charge in [0, 0.05) is 42.2 Å². The molecule has 1 aliphatic rings. The highest BCUT2D eigenvalue weighted by atomic mass is 79.9. The van der Waals surface area contributed by atoms with Crippen LogP contribution >= 0.6 is 27.5 Å². The molecule has 2 aromatic carbocycles. The number of hydrazone groups is 1. The van der Waals surface area contributed by atoms with E-state index >= 15 is 0 Å². The van der Waals surface area contributed by atoms with E-state index in [9.17, 15) is 0 Å². The van der Waals surface area contributed by atoms with E-state index < -0.39 is 0 Å². The van der Waals surface area contributed by atoms with Crippen molar-refractivity contribution >= 4 is 33.2 Å². The number of rotatable bonds is 4. The van der Waals surface area contributed by atoms with E-state index in [1.807, 2.05) is 18.2 Å². The molecule has 24 heavy (non-hydrogen) atoms. The van der Waals surface area contributed by atoms with Gasteiger partial charge >= 0.3 is 0 Å². The number of benzene rings is 2. The Morgan fingerprint density at radius 3 is 2.38 bits per heavy atom. The van der Waals surface area contributed by atoms with Gasteiger partial charge in [-0.25, -0.2) is 0 Å². The molecule has 0 saturated carbocycles. The highest BCUT2D eigenvalue weighted by molar-refractivity contribution is 9.10. The lowest BCUT2D eigenvalue weighted by molar-refractivity contribution is 0.130. The lowest BCUT2D eigenvalue weighted by Gasteiger charge is -2.33. The SMILES string of the molecule is C/C(=N\N1CCN(Cc2ccccc2Cl)CC1)c1ccc(Br)cc1. The van der Waals surface area contributed by atoms with Gasteiger partial charge in [-0.1, -0.05) is 57.9 Å². The molecule has 0 spiro atoms. The molecule has 0 amide bonds. The third-order valence-corrected chi connectivity index (χ3v) is 5.15. The second kappa shape index (κ2) is 8.15. The Morgan fingerprint density at radius 1 is 1.04 bits per heavy atom. The largest absolute Gasteiger partial charge is 0.295 e. The molecule has 0 atom stereocenters. The van der Waals surface area contributed by atoms with Gasteiger partial charge in [-0.2, -0.15) is 5.10 Å². The fourth-order valence-electron chi connectivity index (χ4n) is 2.82. The van der Waals surface area contributed by atoms with Crippen molar-refractivity contribution in [3.05, 3.63) is 69.2 Å². The molecule has 1 heterocycles. The zero-order valence-electron chi connectivity index (χ0n) is 13.8. The first-order valence-electron chi connectivity index (χ1n) is 8.13. The van der Waals surface area contributed by atoms with Gasteiger partial charge in [0.25, 0.3) is 0 Å². The molecule has 0 N–H and O–H groups in total. The van der Waals surface area contributed by atoms with Crippen LogP contribution in [0.1, 0.15) is 18.1 Å². The smallest absolute Gasteiger partial charge is 0.0646 e. The normalized spacial score (nSPS) is 16.5. The van der Waals surface area contributed by atoms with Gasteiger partial charge < -0.3 is 0 Å². The van der Waals surface area contributed by atoms with Crippen LogP contribution < -0.4 is 0 Å². The lowest BCUT2D eigenvalue weighted by Crippen LogP contribution is -2.43. The minimum atomic E-state index is 0.851. The molecule has 1 aliphatic heterocycles. The fourth-order valence-corrected chi connectivity index (χ4v) is 3.28. The highest BCUT2D eigenvalue weighted by Crippen LogP contribution is 2.18. The van der Waals surface area contributed by atoms with Gasteiger partial charge in [0.1, 0.15) is 0 Å². The zero-order chi connectivity index (χ0) is 16.9. The highest BCUT2D eigenvalue weighted by Gasteiger charge is 2.16. The molecule has 0 bridgehead atoms. The van der Waals surface area contributed by atoms with Crippen molar-refractivity contribution in [2.45, 2.75) is 13.5 Å². The second-order valence-electron chi connectivity index (χ2n) is 6.01. The Morgan fingerprint density at radius 2 is 1.71 bits per heavy atom. The van der Waals surface area contributed by atoms with E-state index in [1.54, 1.807) is 0 Å². The van der Waals surface area contributed by atoms with Crippen molar-refractivity contribution in [2.24, 2.45) is 5.10 Å². The van der Waals surface area contributed by atoms with Crippen molar-refractivity contribution < 1.29 is 0 Å². The van der Waals surface area contributed by atoms with E-state index in [1.165, 1.54) is 5.56 Å². The van der Waals surface area contributed by atoms with Crippen LogP contribution in [-0.4, -0.2) is 41.8 Å². The lowest BCUT2D eigenvalue weighted by atomic mass is 10.1. The Labute approximate surface area is 157 Å². The van der Waals surface area contributed by atoms with E-state index in [-0.39, 0.29) is 0 Å². The van der Waals surface area contributed by atoms with Gasteiger partial charge in [0.2, 0.25) is 0 Å². The summed E-state index contributed by atoms with van der Waals surface area (Å²) in [7, 11) is 0. The van der Waals surface area contributed by atoms with Crippen molar-refractivity contribution in [2.75, 3.05) is 26.2 Å². The van der Waals surface area contributed by atoms with Crippen LogP contribution in [0.4, 0.5) is 0 Å². The van der Waals surface area contributed by atoms with Crippen molar-refractivity contribution in [3.63, 3.8) is 0 Å². The summed E-state index contributed by atoms with van der Waals surface area (Å²) in [6.45, 7) is 6.86. The maximum Gasteiger partial charge on any atom is 0.0646 e. The molecule has 1 fully saturated rings. The van der Waals surface area contributed by atoms with Gasteiger partial charge in [-0.3, -0.25) is 9.91 Å². The first kappa shape index (κ1) is 17.5. The van der Waals surface area contributed by atoms with Crippen LogP contribution in [0.5, 0.6) is 0 Å². The monoisotopic (exact) mass is 405 g/mol. The Balaban J connectivity index is 1.56. The molecule has 126 valence electrons. The summed E-state index contributed by atoms with van der Waals surface area (Å²) < 4.78 is 1.09. The molecular weight excluding hydrogens is 386 g/mol. The molecular formula is C19H21BrClN3.